The summed E-state index contributed by atoms with van der Waals surface area (Å²) in [7, 11) is 0. The second-order valence-electron chi connectivity index (χ2n) is 3.49. The maximum atomic E-state index is 11.9. The Morgan fingerprint density at radius 1 is 1.37 bits per heavy atom. The van der Waals surface area contributed by atoms with E-state index in [1.54, 1.807) is 12.1 Å². The van der Waals surface area contributed by atoms with Gasteiger partial charge in [-0.2, -0.15) is 0 Å². The predicted octanol–water partition coefficient (Wildman–Crippen LogP) is 3.38. The minimum absolute atomic E-state index is 0.206. The number of nitro groups is 1. The third-order valence-electron chi connectivity index (χ3n) is 2.25. The number of aromatic hydroxyl groups is 1. The Kier molecular flexibility index (Phi) is 3.82. The van der Waals surface area contributed by atoms with Crippen LogP contribution in [0.25, 0.3) is 0 Å². The van der Waals surface area contributed by atoms with Gasteiger partial charge in [-0.3, -0.25) is 14.9 Å². The number of nitrogens with zero attached hydrogens (tertiary/aromatic N) is 1. The lowest BCUT2D eigenvalue weighted by molar-refractivity contribution is -0.384. The predicted molar refractivity (Wildman–Crippen MR) is 74.7 cm³/mol. The summed E-state index contributed by atoms with van der Waals surface area (Å²) >= 11 is 4.41. The van der Waals surface area contributed by atoms with E-state index < -0.39 is 10.8 Å². The highest BCUT2D eigenvalue weighted by atomic mass is 79.9. The molecular formula is C11H7BrN2O4S. The van der Waals surface area contributed by atoms with E-state index in [0.717, 1.165) is 3.79 Å². The normalized spacial score (nSPS) is 10.2. The maximum Gasteiger partial charge on any atom is 0.296 e. The van der Waals surface area contributed by atoms with Crippen LogP contribution in [0, 0.1) is 10.1 Å². The van der Waals surface area contributed by atoms with Crippen LogP contribution in [0.2, 0.25) is 0 Å². The number of phenolic OH excluding ortho intramolecular Hbond substituents is 1. The zero-order chi connectivity index (χ0) is 14.0. The fraction of sp³-hybridized carbons (Fsp3) is 0. The summed E-state index contributed by atoms with van der Waals surface area (Å²) in [5.41, 5.74) is -0.564. The molecule has 1 aromatic heterocycles. The smallest absolute Gasteiger partial charge is 0.296 e. The number of nitrogens with one attached hydrogen (secondary N) is 1. The highest BCUT2D eigenvalue weighted by Gasteiger charge is 2.20. The standard InChI is InChI=1S/C11H7BrN2O4S/c12-9-5-4-8(19-9)11(16)13-10-6(14(17)18)2-1-3-7(10)15/h1-5,15H,(H,13,16). The molecule has 2 N–H and O–H groups in total. The first-order valence-electron chi connectivity index (χ1n) is 5.02. The fourth-order valence-electron chi connectivity index (χ4n) is 1.42. The second kappa shape index (κ2) is 5.37. The molecule has 0 aliphatic rings. The number of amides is 1. The molecule has 19 heavy (non-hydrogen) atoms. The number of anilines is 1. The molecule has 0 bridgehead atoms. The highest BCUT2D eigenvalue weighted by Crippen LogP contribution is 2.34. The van der Waals surface area contributed by atoms with Crippen molar-refractivity contribution in [3.63, 3.8) is 0 Å². The zero-order valence-electron chi connectivity index (χ0n) is 9.29. The van der Waals surface area contributed by atoms with Crippen LogP contribution in [0.1, 0.15) is 9.67 Å². The van der Waals surface area contributed by atoms with Crippen LogP contribution >= 0.6 is 27.3 Å². The van der Waals surface area contributed by atoms with Crippen molar-refractivity contribution in [1.29, 1.82) is 0 Å². The SMILES string of the molecule is O=C(Nc1c(O)cccc1[N+](=O)[O-])c1ccc(Br)s1. The van der Waals surface area contributed by atoms with E-state index in [2.05, 4.69) is 21.2 Å². The Balaban J connectivity index is 2.33. The number of para-hydroxylation sites is 1. The Labute approximate surface area is 120 Å². The van der Waals surface area contributed by atoms with Gasteiger partial charge in [0, 0.05) is 6.07 Å². The molecule has 0 aliphatic heterocycles. The monoisotopic (exact) mass is 342 g/mol. The van der Waals surface area contributed by atoms with Crippen molar-refractivity contribution in [2.75, 3.05) is 5.32 Å². The van der Waals surface area contributed by atoms with E-state index in [9.17, 15) is 20.0 Å². The van der Waals surface area contributed by atoms with Crippen molar-refractivity contribution < 1.29 is 14.8 Å². The zero-order valence-corrected chi connectivity index (χ0v) is 11.7. The fourth-order valence-corrected chi connectivity index (χ4v) is 2.70. The lowest BCUT2D eigenvalue weighted by Crippen LogP contribution is -2.11. The van der Waals surface area contributed by atoms with Crippen LogP contribution < -0.4 is 5.32 Å². The Bertz CT molecular complexity index is 656. The van der Waals surface area contributed by atoms with Crippen molar-refractivity contribution >= 4 is 44.5 Å². The maximum absolute atomic E-state index is 11.9. The van der Waals surface area contributed by atoms with E-state index >= 15 is 0 Å². The van der Waals surface area contributed by atoms with Crippen LogP contribution in [0.15, 0.2) is 34.1 Å². The molecule has 0 saturated heterocycles. The summed E-state index contributed by atoms with van der Waals surface area (Å²) in [5, 5.41) is 22.8. The summed E-state index contributed by atoms with van der Waals surface area (Å²) < 4.78 is 0.768. The lowest BCUT2D eigenvalue weighted by Gasteiger charge is -2.06. The highest BCUT2D eigenvalue weighted by molar-refractivity contribution is 9.11. The number of phenols is 1. The molecule has 0 unspecified atom stereocenters. The van der Waals surface area contributed by atoms with Crippen molar-refractivity contribution in [2.24, 2.45) is 0 Å². The molecule has 1 aromatic carbocycles. The number of nitro benzene ring substituents is 1. The van der Waals surface area contributed by atoms with Crippen molar-refractivity contribution in [1.82, 2.24) is 0 Å². The van der Waals surface area contributed by atoms with Crippen molar-refractivity contribution in [2.45, 2.75) is 0 Å². The van der Waals surface area contributed by atoms with Gasteiger partial charge in [0.25, 0.3) is 11.6 Å². The van der Waals surface area contributed by atoms with Crippen LogP contribution in [0.3, 0.4) is 0 Å². The topological polar surface area (TPSA) is 92.5 Å². The minimum Gasteiger partial charge on any atom is -0.505 e. The quantitative estimate of drug-likeness (QED) is 0.508. The van der Waals surface area contributed by atoms with E-state index in [-0.39, 0.29) is 17.1 Å². The van der Waals surface area contributed by atoms with Crippen LogP contribution in [-0.2, 0) is 0 Å². The largest absolute Gasteiger partial charge is 0.505 e. The van der Waals surface area contributed by atoms with Gasteiger partial charge in [-0.15, -0.1) is 11.3 Å². The number of carbonyl (C=O) groups excluding carboxylic acids is 1. The molecule has 2 aromatic rings. The van der Waals surface area contributed by atoms with Gasteiger partial charge >= 0.3 is 0 Å². The van der Waals surface area contributed by atoms with Gasteiger partial charge < -0.3 is 10.4 Å². The number of hydrogen-bond acceptors (Lipinski definition) is 5. The lowest BCUT2D eigenvalue weighted by atomic mass is 10.2. The average molecular weight is 343 g/mol. The minimum atomic E-state index is -0.667. The number of halogens is 1. The van der Waals surface area contributed by atoms with E-state index in [1.165, 1.54) is 29.5 Å². The molecule has 0 aliphatic carbocycles. The number of carbonyl (C=O) groups is 1. The van der Waals surface area contributed by atoms with E-state index in [1.807, 2.05) is 0 Å². The molecule has 0 radical (unpaired) electrons. The summed E-state index contributed by atoms with van der Waals surface area (Å²) in [6, 6.07) is 7.09. The molecule has 8 heteroatoms. The Morgan fingerprint density at radius 2 is 2.11 bits per heavy atom. The molecule has 0 spiro atoms. The first kappa shape index (κ1) is 13.5. The number of hydrogen-bond donors (Lipinski definition) is 2. The third kappa shape index (κ3) is 2.91. The Morgan fingerprint density at radius 3 is 2.68 bits per heavy atom. The molecule has 0 atom stereocenters. The molecule has 6 nitrogen and oxygen atoms in total. The van der Waals surface area contributed by atoms with Gasteiger partial charge in [0.1, 0.15) is 5.75 Å². The average Bonchev–Trinajstić information content (AvgIpc) is 2.78. The van der Waals surface area contributed by atoms with E-state index in [4.69, 9.17) is 0 Å². The van der Waals surface area contributed by atoms with Crippen molar-refractivity contribution in [3.8, 4) is 5.75 Å². The van der Waals surface area contributed by atoms with Gasteiger partial charge in [-0.1, -0.05) is 6.07 Å². The first-order valence-corrected chi connectivity index (χ1v) is 6.63. The summed E-state index contributed by atoms with van der Waals surface area (Å²) in [4.78, 5) is 22.4. The summed E-state index contributed by atoms with van der Waals surface area (Å²) in [5.74, 6) is -0.863. The van der Waals surface area contributed by atoms with Crippen LogP contribution in [-0.4, -0.2) is 15.9 Å². The van der Waals surface area contributed by atoms with Gasteiger partial charge in [0.05, 0.1) is 13.6 Å². The summed E-state index contributed by atoms with van der Waals surface area (Å²) in [6.45, 7) is 0. The molecule has 0 fully saturated rings. The molecular weight excluding hydrogens is 336 g/mol. The summed E-state index contributed by atoms with van der Waals surface area (Å²) in [6.07, 6.45) is 0. The van der Waals surface area contributed by atoms with Gasteiger partial charge in [-0.05, 0) is 34.1 Å². The van der Waals surface area contributed by atoms with Gasteiger partial charge in [0.2, 0.25) is 0 Å². The van der Waals surface area contributed by atoms with Crippen molar-refractivity contribution in [3.05, 3.63) is 49.1 Å². The second-order valence-corrected chi connectivity index (χ2v) is 5.95. The van der Waals surface area contributed by atoms with Crippen LogP contribution in [0.4, 0.5) is 11.4 Å². The van der Waals surface area contributed by atoms with Crippen LogP contribution in [0.5, 0.6) is 5.75 Å². The Hall–Kier alpha value is -1.93. The molecule has 98 valence electrons. The molecule has 1 heterocycles. The van der Waals surface area contributed by atoms with E-state index in [0.29, 0.717) is 4.88 Å². The van der Waals surface area contributed by atoms with Gasteiger partial charge in [0.15, 0.2) is 5.69 Å². The third-order valence-corrected chi connectivity index (χ3v) is 3.88. The first-order chi connectivity index (χ1) is 8.99. The number of rotatable bonds is 3. The molecule has 2 rings (SSSR count). The number of thiophene rings is 1. The number of benzene rings is 1. The van der Waals surface area contributed by atoms with Gasteiger partial charge in [-0.25, -0.2) is 0 Å². The molecule has 1 amide bonds. The molecule has 0 saturated carbocycles.